The smallest absolute Gasteiger partial charge is 0.160 e. The molecule has 0 saturated carbocycles. The molecule has 0 spiro atoms. The minimum absolute atomic E-state index is 0.471. The van der Waals surface area contributed by atoms with Crippen LogP contribution in [0, 0.1) is 11.6 Å². The molecular formula is C11H7BrF2N2. The van der Waals surface area contributed by atoms with Crippen molar-refractivity contribution in [1.29, 1.82) is 0 Å². The van der Waals surface area contributed by atoms with E-state index in [1.54, 1.807) is 18.5 Å². The summed E-state index contributed by atoms with van der Waals surface area (Å²) in [4.78, 5) is 3.94. The van der Waals surface area contributed by atoms with Crippen LogP contribution in [0.2, 0.25) is 0 Å². The third kappa shape index (κ3) is 2.55. The molecule has 0 bridgehead atoms. The molecular weight excluding hydrogens is 278 g/mol. The van der Waals surface area contributed by atoms with Crippen molar-refractivity contribution in [2.24, 2.45) is 0 Å². The van der Waals surface area contributed by atoms with Gasteiger partial charge in [-0.2, -0.15) is 0 Å². The maximum atomic E-state index is 12.9. The van der Waals surface area contributed by atoms with Gasteiger partial charge in [0.1, 0.15) is 0 Å². The molecule has 0 saturated heterocycles. The molecule has 2 rings (SSSR count). The predicted molar refractivity (Wildman–Crippen MR) is 61.6 cm³/mol. The summed E-state index contributed by atoms with van der Waals surface area (Å²) >= 11 is 3.26. The molecule has 82 valence electrons. The number of halogens is 3. The Morgan fingerprint density at radius 2 is 1.81 bits per heavy atom. The van der Waals surface area contributed by atoms with Crippen molar-refractivity contribution in [1.82, 2.24) is 4.98 Å². The van der Waals surface area contributed by atoms with E-state index in [4.69, 9.17) is 0 Å². The molecule has 1 aromatic carbocycles. The molecule has 1 aromatic heterocycles. The molecule has 1 heterocycles. The van der Waals surface area contributed by atoms with Crippen LogP contribution >= 0.6 is 15.9 Å². The van der Waals surface area contributed by atoms with Crippen molar-refractivity contribution in [2.75, 3.05) is 5.32 Å². The van der Waals surface area contributed by atoms with Crippen LogP contribution in [0.3, 0.4) is 0 Å². The standard InChI is InChI=1S/C11H7BrF2N2/c12-7-3-9(6-15-5-7)16-8-1-2-10(13)11(14)4-8/h1-6,16H. The Bertz CT molecular complexity index is 517. The number of hydrogen-bond acceptors (Lipinski definition) is 2. The van der Waals surface area contributed by atoms with Gasteiger partial charge >= 0.3 is 0 Å². The summed E-state index contributed by atoms with van der Waals surface area (Å²) in [6, 6.07) is 5.41. The van der Waals surface area contributed by atoms with Crippen LogP contribution in [0.1, 0.15) is 0 Å². The molecule has 1 N–H and O–H groups in total. The maximum absolute atomic E-state index is 12.9. The van der Waals surface area contributed by atoms with Gasteiger partial charge in [-0.1, -0.05) is 0 Å². The summed E-state index contributed by atoms with van der Waals surface area (Å²) in [7, 11) is 0. The van der Waals surface area contributed by atoms with E-state index in [9.17, 15) is 8.78 Å². The number of nitrogens with one attached hydrogen (secondary N) is 1. The van der Waals surface area contributed by atoms with E-state index in [0.717, 1.165) is 16.6 Å². The highest BCUT2D eigenvalue weighted by molar-refractivity contribution is 9.10. The number of aromatic nitrogens is 1. The zero-order valence-corrected chi connectivity index (χ0v) is 9.63. The van der Waals surface area contributed by atoms with Gasteiger partial charge in [-0.05, 0) is 34.1 Å². The Labute approximate surface area is 99.5 Å². The second kappa shape index (κ2) is 4.57. The molecule has 0 aliphatic rings. The molecule has 0 amide bonds. The first-order valence-corrected chi connectivity index (χ1v) is 5.27. The molecule has 0 radical (unpaired) electrons. The van der Waals surface area contributed by atoms with E-state index in [2.05, 4.69) is 26.2 Å². The monoisotopic (exact) mass is 284 g/mol. The SMILES string of the molecule is Fc1ccc(Nc2cncc(Br)c2)cc1F. The number of rotatable bonds is 2. The van der Waals surface area contributed by atoms with Gasteiger partial charge in [-0.3, -0.25) is 4.98 Å². The highest BCUT2D eigenvalue weighted by Crippen LogP contribution is 2.20. The van der Waals surface area contributed by atoms with Crippen molar-refractivity contribution in [3.63, 3.8) is 0 Å². The van der Waals surface area contributed by atoms with E-state index >= 15 is 0 Å². The van der Waals surface area contributed by atoms with E-state index in [-0.39, 0.29) is 0 Å². The molecule has 16 heavy (non-hydrogen) atoms. The van der Waals surface area contributed by atoms with E-state index < -0.39 is 11.6 Å². The molecule has 5 heteroatoms. The summed E-state index contributed by atoms with van der Waals surface area (Å²) in [6.07, 6.45) is 3.22. The summed E-state index contributed by atoms with van der Waals surface area (Å²) in [5, 5.41) is 2.91. The molecule has 0 aliphatic heterocycles. The minimum atomic E-state index is -0.882. The number of anilines is 2. The second-order valence-corrected chi connectivity index (χ2v) is 4.06. The summed E-state index contributed by atoms with van der Waals surface area (Å²) < 4.78 is 26.4. The Balaban J connectivity index is 2.24. The summed E-state index contributed by atoms with van der Waals surface area (Å²) in [5.41, 5.74) is 1.17. The van der Waals surface area contributed by atoms with Crippen LogP contribution in [0.15, 0.2) is 41.1 Å². The van der Waals surface area contributed by atoms with Crippen LogP contribution in [0.5, 0.6) is 0 Å². The fourth-order valence-corrected chi connectivity index (χ4v) is 1.59. The van der Waals surface area contributed by atoms with Gasteiger partial charge in [0.15, 0.2) is 11.6 Å². The van der Waals surface area contributed by atoms with Crippen LogP contribution < -0.4 is 5.32 Å². The van der Waals surface area contributed by atoms with Crippen LogP contribution in [0.25, 0.3) is 0 Å². The topological polar surface area (TPSA) is 24.9 Å². The van der Waals surface area contributed by atoms with Crippen molar-refractivity contribution < 1.29 is 8.78 Å². The zero-order valence-electron chi connectivity index (χ0n) is 8.05. The average molecular weight is 285 g/mol. The maximum Gasteiger partial charge on any atom is 0.160 e. The normalized spacial score (nSPS) is 10.2. The lowest BCUT2D eigenvalue weighted by Gasteiger charge is -2.06. The molecule has 2 nitrogen and oxygen atoms in total. The third-order valence-corrected chi connectivity index (χ3v) is 2.35. The largest absolute Gasteiger partial charge is 0.354 e. The Morgan fingerprint density at radius 3 is 2.50 bits per heavy atom. The molecule has 0 aliphatic carbocycles. The Kier molecular flexibility index (Phi) is 3.14. The molecule has 0 atom stereocenters. The van der Waals surface area contributed by atoms with Gasteiger partial charge in [-0.15, -0.1) is 0 Å². The fraction of sp³-hybridized carbons (Fsp3) is 0. The minimum Gasteiger partial charge on any atom is -0.354 e. The summed E-state index contributed by atoms with van der Waals surface area (Å²) in [5.74, 6) is -1.74. The first-order valence-electron chi connectivity index (χ1n) is 4.48. The van der Waals surface area contributed by atoms with Gasteiger partial charge in [-0.25, -0.2) is 8.78 Å². The van der Waals surface area contributed by atoms with Crippen LogP contribution in [-0.4, -0.2) is 4.98 Å². The van der Waals surface area contributed by atoms with Crippen molar-refractivity contribution in [3.05, 3.63) is 52.8 Å². The first-order chi connectivity index (χ1) is 7.65. The van der Waals surface area contributed by atoms with Crippen LogP contribution in [0.4, 0.5) is 20.2 Å². The van der Waals surface area contributed by atoms with Crippen molar-refractivity contribution >= 4 is 27.3 Å². The number of hydrogen-bond donors (Lipinski definition) is 1. The van der Waals surface area contributed by atoms with Crippen molar-refractivity contribution in [3.8, 4) is 0 Å². The van der Waals surface area contributed by atoms with Crippen molar-refractivity contribution in [2.45, 2.75) is 0 Å². The Morgan fingerprint density at radius 1 is 1.00 bits per heavy atom. The lowest BCUT2D eigenvalue weighted by atomic mass is 10.3. The predicted octanol–water partition coefficient (Wildman–Crippen LogP) is 3.87. The summed E-state index contributed by atoms with van der Waals surface area (Å²) in [6.45, 7) is 0. The lowest BCUT2D eigenvalue weighted by molar-refractivity contribution is 0.509. The van der Waals surface area contributed by atoms with Crippen LogP contribution in [-0.2, 0) is 0 Å². The number of nitrogens with zero attached hydrogens (tertiary/aromatic N) is 1. The van der Waals surface area contributed by atoms with E-state index in [1.807, 2.05) is 0 Å². The fourth-order valence-electron chi connectivity index (χ4n) is 1.22. The lowest BCUT2D eigenvalue weighted by Crippen LogP contribution is -1.93. The molecule has 0 fully saturated rings. The zero-order chi connectivity index (χ0) is 11.5. The number of benzene rings is 1. The Hall–Kier alpha value is -1.49. The van der Waals surface area contributed by atoms with Gasteiger partial charge < -0.3 is 5.32 Å². The van der Waals surface area contributed by atoms with Gasteiger partial charge in [0, 0.05) is 22.4 Å². The molecule has 2 aromatic rings. The van der Waals surface area contributed by atoms with Gasteiger partial charge in [0.25, 0.3) is 0 Å². The number of pyridine rings is 1. The average Bonchev–Trinajstić information content (AvgIpc) is 2.24. The highest BCUT2D eigenvalue weighted by atomic mass is 79.9. The third-order valence-electron chi connectivity index (χ3n) is 1.91. The quantitative estimate of drug-likeness (QED) is 0.906. The van der Waals surface area contributed by atoms with E-state index in [1.165, 1.54) is 6.07 Å². The second-order valence-electron chi connectivity index (χ2n) is 3.15. The first kappa shape index (κ1) is 11.0. The van der Waals surface area contributed by atoms with E-state index in [0.29, 0.717) is 11.4 Å². The highest BCUT2D eigenvalue weighted by Gasteiger charge is 2.02. The molecule has 0 unspecified atom stereocenters. The van der Waals surface area contributed by atoms with Gasteiger partial charge in [0.05, 0.1) is 11.9 Å². The van der Waals surface area contributed by atoms with Gasteiger partial charge in [0.2, 0.25) is 0 Å².